The van der Waals surface area contributed by atoms with Crippen molar-refractivity contribution in [2.75, 3.05) is 13.7 Å². The van der Waals surface area contributed by atoms with Gasteiger partial charge in [0.25, 0.3) is 0 Å². The number of methoxy groups -OCH3 is 1. The van der Waals surface area contributed by atoms with E-state index in [-0.39, 0.29) is 5.82 Å². The van der Waals surface area contributed by atoms with Crippen LogP contribution in [0.3, 0.4) is 0 Å². The fraction of sp³-hybridized carbons (Fsp3) is 0.250. The summed E-state index contributed by atoms with van der Waals surface area (Å²) in [6.07, 6.45) is 0. The van der Waals surface area contributed by atoms with Gasteiger partial charge in [0.2, 0.25) is 0 Å². The van der Waals surface area contributed by atoms with Gasteiger partial charge in [-0.2, -0.15) is 0 Å². The molecule has 5 heteroatoms. The van der Waals surface area contributed by atoms with E-state index >= 15 is 0 Å². The van der Waals surface area contributed by atoms with E-state index in [1.54, 1.807) is 25.3 Å². The molecule has 0 unspecified atom stereocenters. The molecule has 0 aliphatic rings. The first-order valence-electron chi connectivity index (χ1n) is 6.64. The fourth-order valence-corrected chi connectivity index (χ4v) is 2.31. The zero-order valence-electron chi connectivity index (χ0n) is 12.0. The molecule has 112 valence electrons. The van der Waals surface area contributed by atoms with E-state index in [0.717, 1.165) is 22.3 Å². The molecule has 21 heavy (non-hydrogen) atoms. The molecule has 0 spiro atoms. The second kappa shape index (κ2) is 7.43. The maximum atomic E-state index is 13.6. The van der Waals surface area contributed by atoms with Gasteiger partial charge in [0.15, 0.2) is 0 Å². The molecular formula is C16H17BrFNO2. The number of nitrogens with one attached hydrogen (secondary N) is 1. The number of hydrogen-bond acceptors (Lipinski definition) is 3. The average Bonchev–Trinajstić information content (AvgIpc) is 2.46. The maximum absolute atomic E-state index is 13.6. The van der Waals surface area contributed by atoms with Gasteiger partial charge in [-0.25, -0.2) is 4.39 Å². The van der Waals surface area contributed by atoms with Crippen molar-refractivity contribution in [2.45, 2.75) is 13.5 Å². The lowest BCUT2D eigenvalue weighted by Crippen LogP contribution is -2.11. The van der Waals surface area contributed by atoms with E-state index in [4.69, 9.17) is 9.47 Å². The van der Waals surface area contributed by atoms with Crippen molar-refractivity contribution < 1.29 is 13.9 Å². The third kappa shape index (κ3) is 4.44. The molecule has 0 aliphatic heterocycles. The van der Waals surface area contributed by atoms with Crippen LogP contribution in [0, 0.1) is 5.82 Å². The smallest absolute Gasteiger partial charge is 0.141 e. The monoisotopic (exact) mass is 353 g/mol. The van der Waals surface area contributed by atoms with Crippen molar-refractivity contribution in [3.8, 4) is 17.2 Å². The number of halogens is 2. The summed E-state index contributed by atoms with van der Waals surface area (Å²) in [4.78, 5) is 0. The first-order chi connectivity index (χ1) is 10.1. The van der Waals surface area contributed by atoms with Crippen molar-refractivity contribution in [3.05, 3.63) is 52.3 Å². The van der Waals surface area contributed by atoms with E-state index < -0.39 is 0 Å². The molecule has 0 atom stereocenters. The lowest BCUT2D eigenvalue weighted by atomic mass is 10.2. The standard InChI is InChI=1S/C16H17BrFNO2/c1-3-19-10-11-6-12(18)8-14(7-11)21-16-5-4-13(20-2)9-15(16)17/h4-9,19H,3,10H2,1-2H3. The normalized spacial score (nSPS) is 10.5. The Morgan fingerprint density at radius 2 is 1.95 bits per heavy atom. The molecule has 2 aromatic carbocycles. The summed E-state index contributed by atoms with van der Waals surface area (Å²) in [7, 11) is 1.60. The molecule has 0 saturated heterocycles. The molecule has 0 fully saturated rings. The third-order valence-corrected chi connectivity index (χ3v) is 3.50. The van der Waals surface area contributed by atoms with E-state index in [1.807, 2.05) is 13.0 Å². The summed E-state index contributed by atoms with van der Waals surface area (Å²) in [5, 5.41) is 3.16. The predicted molar refractivity (Wildman–Crippen MR) is 84.5 cm³/mol. The van der Waals surface area contributed by atoms with Gasteiger partial charge in [0.1, 0.15) is 23.1 Å². The second-order valence-corrected chi connectivity index (χ2v) is 5.33. The minimum atomic E-state index is -0.315. The third-order valence-electron chi connectivity index (χ3n) is 2.88. The van der Waals surface area contributed by atoms with Gasteiger partial charge in [-0.1, -0.05) is 6.92 Å². The predicted octanol–water partition coefficient (Wildman–Crippen LogP) is 4.50. The van der Waals surface area contributed by atoms with Gasteiger partial charge >= 0.3 is 0 Å². The minimum absolute atomic E-state index is 0.315. The summed E-state index contributed by atoms with van der Waals surface area (Å²) < 4.78 is 25.3. The molecule has 0 saturated carbocycles. The highest BCUT2D eigenvalue weighted by Gasteiger charge is 2.07. The van der Waals surface area contributed by atoms with Crippen LogP contribution in [0.4, 0.5) is 4.39 Å². The van der Waals surface area contributed by atoms with Gasteiger partial charge in [-0.15, -0.1) is 0 Å². The summed E-state index contributed by atoms with van der Waals surface area (Å²) in [6, 6.07) is 10.1. The first-order valence-corrected chi connectivity index (χ1v) is 7.43. The van der Waals surface area contributed by atoms with Gasteiger partial charge in [-0.05, 0) is 58.4 Å². The zero-order valence-corrected chi connectivity index (χ0v) is 13.5. The molecule has 0 bridgehead atoms. The molecule has 0 amide bonds. The van der Waals surface area contributed by atoms with Crippen molar-refractivity contribution in [1.82, 2.24) is 5.32 Å². The highest BCUT2D eigenvalue weighted by atomic mass is 79.9. The number of hydrogen-bond donors (Lipinski definition) is 1. The van der Waals surface area contributed by atoms with Crippen molar-refractivity contribution in [1.29, 1.82) is 0 Å². The molecule has 0 radical (unpaired) electrons. The van der Waals surface area contributed by atoms with Crippen LogP contribution in [0.1, 0.15) is 12.5 Å². The highest BCUT2D eigenvalue weighted by molar-refractivity contribution is 9.10. The second-order valence-electron chi connectivity index (χ2n) is 4.47. The molecule has 2 aromatic rings. The number of benzene rings is 2. The van der Waals surface area contributed by atoms with E-state index in [0.29, 0.717) is 18.0 Å². The SMILES string of the molecule is CCNCc1cc(F)cc(Oc2ccc(OC)cc2Br)c1. The Labute approximate surface area is 132 Å². The Balaban J connectivity index is 2.20. The van der Waals surface area contributed by atoms with E-state index in [2.05, 4.69) is 21.2 Å². The Bertz CT molecular complexity index is 619. The fourth-order valence-electron chi connectivity index (χ4n) is 1.87. The minimum Gasteiger partial charge on any atom is -0.497 e. The number of ether oxygens (including phenoxy) is 2. The van der Waals surface area contributed by atoms with Crippen molar-refractivity contribution in [3.63, 3.8) is 0 Å². The van der Waals surface area contributed by atoms with Gasteiger partial charge < -0.3 is 14.8 Å². The molecule has 0 heterocycles. The van der Waals surface area contributed by atoms with Crippen LogP contribution < -0.4 is 14.8 Å². The zero-order chi connectivity index (χ0) is 15.2. The Kier molecular flexibility index (Phi) is 5.59. The van der Waals surface area contributed by atoms with Crippen molar-refractivity contribution >= 4 is 15.9 Å². The Morgan fingerprint density at radius 3 is 2.62 bits per heavy atom. The lowest BCUT2D eigenvalue weighted by molar-refractivity contribution is 0.412. The van der Waals surface area contributed by atoms with Crippen LogP contribution in [-0.2, 0) is 6.54 Å². The van der Waals surface area contributed by atoms with Crippen molar-refractivity contribution in [2.24, 2.45) is 0 Å². The van der Waals surface area contributed by atoms with Crippen LogP contribution in [0.2, 0.25) is 0 Å². The topological polar surface area (TPSA) is 30.5 Å². The highest BCUT2D eigenvalue weighted by Crippen LogP contribution is 2.33. The van der Waals surface area contributed by atoms with Gasteiger partial charge in [0.05, 0.1) is 11.6 Å². The van der Waals surface area contributed by atoms with Crippen LogP contribution in [0.5, 0.6) is 17.2 Å². The molecule has 0 aromatic heterocycles. The quantitative estimate of drug-likeness (QED) is 0.829. The average molecular weight is 354 g/mol. The lowest BCUT2D eigenvalue weighted by Gasteiger charge is -2.11. The Morgan fingerprint density at radius 1 is 1.14 bits per heavy atom. The molecule has 2 rings (SSSR count). The van der Waals surface area contributed by atoms with Crippen LogP contribution >= 0.6 is 15.9 Å². The van der Waals surface area contributed by atoms with Crippen LogP contribution in [0.25, 0.3) is 0 Å². The largest absolute Gasteiger partial charge is 0.497 e. The Hall–Kier alpha value is -1.59. The van der Waals surface area contributed by atoms with Gasteiger partial charge in [-0.3, -0.25) is 0 Å². The molecule has 0 aliphatic carbocycles. The van der Waals surface area contributed by atoms with Crippen LogP contribution in [0.15, 0.2) is 40.9 Å². The summed E-state index contributed by atoms with van der Waals surface area (Å²) in [5.74, 6) is 1.48. The van der Waals surface area contributed by atoms with Gasteiger partial charge in [0, 0.05) is 12.6 Å². The first kappa shape index (κ1) is 15.8. The molecule has 1 N–H and O–H groups in total. The van der Waals surface area contributed by atoms with Crippen LogP contribution in [-0.4, -0.2) is 13.7 Å². The summed E-state index contributed by atoms with van der Waals surface area (Å²) in [6.45, 7) is 3.44. The number of rotatable bonds is 6. The molecule has 3 nitrogen and oxygen atoms in total. The van der Waals surface area contributed by atoms with E-state index in [1.165, 1.54) is 12.1 Å². The molecular weight excluding hydrogens is 337 g/mol. The summed E-state index contributed by atoms with van der Waals surface area (Å²) in [5.41, 5.74) is 0.844. The maximum Gasteiger partial charge on any atom is 0.141 e. The summed E-state index contributed by atoms with van der Waals surface area (Å²) >= 11 is 3.41. The van der Waals surface area contributed by atoms with E-state index in [9.17, 15) is 4.39 Å².